The third kappa shape index (κ3) is 7.53. The summed E-state index contributed by atoms with van der Waals surface area (Å²) in [4.78, 5) is 30.2. The molecular weight excluding hydrogens is 640 g/mol. The first-order valence-electron chi connectivity index (χ1n) is 18.8. The Morgan fingerprint density at radius 1 is 1.08 bits per heavy atom. The summed E-state index contributed by atoms with van der Waals surface area (Å²) in [5.74, 6) is 2.19. The third-order valence-corrected chi connectivity index (χ3v) is 11.3. The number of ether oxygens (including phenoxy) is 2. The average Bonchev–Trinajstić information content (AvgIpc) is 3.91. The largest absolute Gasteiger partial charge is 0.381 e. The first-order chi connectivity index (χ1) is 24.6. The van der Waals surface area contributed by atoms with Gasteiger partial charge in [-0.2, -0.15) is 4.98 Å². The van der Waals surface area contributed by atoms with E-state index < -0.39 is 0 Å². The standard InChI is InChI=1S/C31H39N7O3.C9H15N.3H2/c1-30(2)17-25-31(3,19-41-30)22-18-33-29(34-20-9-13-37(27(39)16-20)21-10-14-40-15-11-21)36-28(22)38(25)26-8-4-6-24(35-26)23-7-5-12-32-23;1-3-5-8(2)9-6-4-7-10-9;;;/h4,6,8-9,13,16,18,21,23,25,32H,5,7,10-12,14-15,17,19H2,1-3H3,(H,33,34,36);3,5,9-10H,1,4,6-7H2,2H3;3*1H/b;8-5+;;;/t23-,25+,31+;9-;;;/m01.../s1. The minimum atomic E-state index is -0.281. The zero-order valence-corrected chi connectivity index (χ0v) is 30.7. The van der Waals surface area contributed by atoms with Gasteiger partial charge in [-0.15, -0.1) is 0 Å². The van der Waals surface area contributed by atoms with Crippen LogP contribution in [0.25, 0.3) is 0 Å². The van der Waals surface area contributed by atoms with Gasteiger partial charge in [-0.3, -0.25) is 4.79 Å². The van der Waals surface area contributed by atoms with E-state index in [1.165, 1.54) is 25.0 Å². The summed E-state index contributed by atoms with van der Waals surface area (Å²) in [6.07, 6.45) is 15.1. The summed E-state index contributed by atoms with van der Waals surface area (Å²) in [5, 5.41) is 10.3. The second-order valence-electron chi connectivity index (χ2n) is 15.5. The van der Waals surface area contributed by atoms with Crippen molar-refractivity contribution >= 4 is 23.3 Å². The molecule has 0 spiro atoms. The van der Waals surface area contributed by atoms with Gasteiger partial charge in [-0.1, -0.05) is 37.3 Å². The highest BCUT2D eigenvalue weighted by Gasteiger charge is 2.55. The fourth-order valence-electron chi connectivity index (χ4n) is 8.30. The number of hydrogen-bond donors (Lipinski definition) is 3. The first-order valence-corrected chi connectivity index (χ1v) is 18.8. The summed E-state index contributed by atoms with van der Waals surface area (Å²) in [6, 6.07) is 11.0. The SMILES string of the molecule is C=C/C=C(\C)[C@H]1CCCN1.CC1(C)C[C@H]2N(c3cccc([C@@H]4CCCN4)n3)c3nc(Nc4ccn(C5CCOCC5)c(=O)c4)ncc3[C@@]2(C)CO1.[HH].[HH].[HH]. The van der Waals surface area contributed by atoms with Crippen LogP contribution in [0.3, 0.4) is 0 Å². The molecule has 11 heteroatoms. The highest BCUT2D eigenvalue weighted by Crippen LogP contribution is 2.53. The molecule has 0 radical (unpaired) electrons. The maximum atomic E-state index is 13.0. The van der Waals surface area contributed by atoms with E-state index in [2.05, 4.69) is 79.4 Å². The van der Waals surface area contributed by atoms with Crippen molar-refractivity contribution in [2.75, 3.05) is 43.1 Å². The first kappa shape index (κ1) is 35.5. The predicted molar refractivity (Wildman–Crippen MR) is 209 cm³/mol. The highest BCUT2D eigenvalue weighted by atomic mass is 16.5. The van der Waals surface area contributed by atoms with Crippen LogP contribution in [0, 0.1) is 0 Å². The molecule has 11 nitrogen and oxygen atoms in total. The Morgan fingerprint density at radius 3 is 2.61 bits per heavy atom. The molecule has 0 aliphatic carbocycles. The quantitative estimate of drug-likeness (QED) is 0.220. The van der Waals surface area contributed by atoms with Crippen molar-refractivity contribution in [3.05, 3.63) is 88.6 Å². The van der Waals surface area contributed by atoms with Crippen molar-refractivity contribution in [2.45, 2.75) is 108 Å². The Morgan fingerprint density at radius 2 is 1.88 bits per heavy atom. The Hall–Kier alpha value is -3.90. The van der Waals surface area contributed by atoms with Crippen molar-refractivity contribution in [2.24, 2.45) is 0 Å². The van der Waals surface area contributed by atoms with E-state index in [9.17, 15) is 4.79 Å². The van der Waals surface area contributed by atoms with Crippen LogP contribution in [0.15, 0.2) is 71.8 Å². The summed E-state index contributed by atoms with van der Waals surface area (Å²) in [6.45, 7) is 16.5. The van der Waals surface area contributed by atoms with E-state index in [0.717, 1.165) is 61.5 Å². The molecule has 8 rings (SSSR count). The molecular formula is C40H60N8O3. The number of hydrogen-bond acceptors (Lipinski definition) is 10. The van der Waals surface area contributed by atoms with E-state index in [-0.39, 0.29) is 39.0 Å². The van der Waals surface area contributed by atoms with Crippen LogP contribution >= 0.6 is 0 Å². The van der Waals surface area contributed by atoms with Gasteiger partial charge in [0.05, 0.1) is 23.9 Å². The molecule has 0 bridgehead atoms. The summed E-state index contributed by atoms with van der Waals surface area (Å²) >= 11 is 0. The maximum Gasteiger partial charge on any atom is 0.252 e. The normalized spacial score (nSPS) is 27.3. The van der Waals surface area contributed by atoms with Gasteiger partial charge in [0.15, 0.2) is 0 Å². The smallest absolute Gasteiger partial charge is 0.252 e. The van der Waals surface area contributed by atoms with Crippen molar-refractivity contribution < 1.29 is 13.8 Å². The molecule has 0 saturated carbocycles. The van der Waals surface area contributed by atoms with Crippen LogP contribution in [0.5, 0.6) is 0 Å². The number of anilines is 4. The second-order valence-corrected chi connectivity index (χ2v) is 15.5. The number of aromatic nitrogens is 4. The van der Waals surface area contributed by atoms with Crippen molar-refractivity contribution in [3.8, 4) is 0 Å². The Bertz CT molecular complexity index is 1800. The lowest BCUT2D eigenvalue weighted by molar-refractivity contribution is -0.0893. The van der Waals surface area contributed by atoms with Gasteiger partial charge in [-0.05, 0) is 97.0 Å². The third-order valence-electron chi connectivity index (χ3n) is 11.3. The fourth-order valence-corrected chi connectivity index (χ4v) is 8.30. The van der Waals surface area contributed by atoms with Gasteiger partial charge in [0, 0.05) is 70.7 Å². The van der Waals surface area contributed by atoms with Crippen LogP contribution in [-0.4, -0.2) is 70.1 Å². The van der Waals surface area contributed by atoms with Crippen LogP contribution in [0.1, 0.15) is 100 Å². The molecule has 8 heterocycles. The van der Waals surface area contributed by atoms with Crippen LogP contribution in [0.2, 0.25) is 0 Å². The van der Waals surface area contributed by atoms with E-state index in [4.69, 9.17) is 24.4 Å². The van der Waals surface area contributed by atoms with Crippen LogP contribution < -0.4 is 26.4 Å². The van der Waals surface area contributed by atoms with Gasteiger partial charge < -0.3 is 34.9 Å². The van der Waals surface area contributed by atoms with Gasteiger partial charge in [0.1, 0.15) is 11.6 Å². The Kier molecular flexibility index (Phi) is 10.4. The van der Waals surface area contributed by atoms with Crippen molar-refractivity contribution in [3.63, 3.8) is 0 Å². The number of nitrogens with one attached hydrogen (secondary N) is 3. The topological polar surface area (TPSA) is 118 Å². The van der Waals surface area contributed by atoms with E-state index in [0.29, 0.717) is 37.5 Å². The molecule has 0 unspecified atom stereocenters. The molecule has 51 heavy (non-hydrogen) atoms. The zero-order chi connectivity index (χ0) is 35.6. The van der Waals surface area contributed by atoms with Crippen molar-refractivity contribution in [1.82, 2.24) is 30.2 Å². The Balaban J connectivity index is 0.000000438. The maximum absolute atomic E-state index is 13.0. The van der Waals surface area contributed by atoms with E-state index in [1.807, 2.05) is 29.1 Å². The van der Waals surface area contributed by atoms with Crippen LogP contribution in [0.4, 0.5) is 23.3 Å². The van der Waals surface area contributed by atoms with Gasteiger partial charge in [0.25, 0.3) is 5.56 Å². The minimum absolute atomic E-state index is 0. The molecule has 278 valence electrons. The lowest BCUT2D eigenvalue weighted by atomic mass is 9.73. The zero-order valence-electron chi connectivity index (χ0n) is 30.7. The molecule has 5 aliphatic rings. The average molecular weight is 701 g/mol. The predicted octanol–water partition coefficient (Wildman–Crippen LogP) is 7.14. The van der Waals surface area contributed by atoms with Crippen molar-refractivity contribution in [1.29, 1.82) is 0 Å². The highest BCUT2D eigenvalue weighted by molar-refractivity contribution is 5.71. The number of pyridine rings is 2. The second kappa shape index (κ2) is 15.0. The number of nitrogens with zero attached hydrogens (tertiary/aromatic N) is 5. The number of fused-ring (bicyclic) bond motifs is 3. The molecule has 4 fully saturated rings. The van der Waals surface area contributed by atoms with E-state index >= 15 is 0 Å². The van der Waals surface area contributed by atoms with Gasteiger partial charge in [0.2, 0.25) is 5.95 Å². The molecule has 5 aliphatic heterocycles. The lowest BCUT2D eigenvalue weighted by Crippen LogP contribution is -2.54. The monoisotopic (exact) mass is 700 g/mol. The molecule has 4 atom stereocenters. The lowest BCUT2D eigenvalue weighted by Gasteiger charge is -2.46. The van der Waals surface area contributed by atoms with Gasteiger partial charge >= 0.3 is 0 Å². The van der Waals surface area contributed by atoms with E-state index in [1.54, 1.807) is 6.07 Å². The Labute approximate surface area is 306 Å². The van der Waals surface area contributed by atoms with Gasteiger partial charge in [-0.25, -0.2) is 9.97 Å². The molecule has 3 aromatic rings. The molecule has 3 aromatic heterocycles. The number of rotatable bonds is 7. The fraction of sp³-hybridized carbons (Fsp3) is 0.550. The summed E-state index contributed by atoms with van der Waals surface area (Å²) < 4.78 is 13.6. The summed E-state index contributed by atoms with van der Waals surface area (Å²) in [7, 11) is 0. The van der Waals surface area contributed by atoms with Crippen LogP contribution in [-0.2, 0) is 14.9 Å². The summed E-state index contributed by atoms with van der Waals surface area (Å²) in [5.41, 5.74) is 3.62. The minimum Gasteiger partial charge on any atom is -0.381 e. The molecule has 0 amide bonds. The molecule has 0 aromatic carbocycles. The molecule has 4 saturated heterocycles. The molecule has 3 N–H and O–H groups in total. The number of allylic oxidation sites excluding steroid dienone is 2.